The van der Waals surface area contributed by atoms with Gasteiger partial charge in [-0.1, -0.05) is 0 Å². The molecule has 10 heavy (non-hydrogen) atoms. The summed E-state index contributed by atoms with van der Waals surface area (Å²) in [6.45, 7) is 0.122. The fraction of sp³-hybridized carbons (Fsp3) is 1.00. The highest BCUT2D eigenvalue weighted by atomic mass is 19.3. The Balaban J connectivity index is 2.84. The molecule has 5 heteroatoms. The van der Waals surface area contributed by atoms with E-state index in [1.165, 1.54) is 7.05 Å². The summed E-state index contributed by atoms with van der Waals surface area (Å²) >= 11 is 0. The second kappa shape index (κ2) is 1.87. The summed E-state index contributed by atoms with van der Waals surface area (Å²) in [5, 5.41) is 10.9. The monoisotopic (exact) mass is 152 g/mol. The molecule has 0 radical (unpaired) electrons. The minimum Gasteiger partial charge on any atom is -0.627 e. The molecule has 0 aromatic rings. The number of nitrogens with zero attached hydrogens (tertiary/aromatic N) is 2. The van der Waals surface area contributed by atoms with Gasteiger partial charge in [0.1, 0.15) is 0 Å². The average molecular weight is 152 g/mol. The molecule has 0 amide bonds. The Morgan fingerprint density at radius 3 is 2.20 bits per heavy atom. The van der Waals surface area contributed by atoms with E-state index in [2.05, 4.69) is 0 Å². The predicted molar refractivity (Wildman–Crippen MR) is 32.0 cm³/mol. The molecule has 0 aromatic carbocycles. The van der Waals surface area contributed by atoms with Gasteiger partial charge in [0.05, 0.1) is 20.1 Å². The molecule has 1 fully saturated rings. The van der Waals surface area contributed by atoms with E-state index in [0.29, 0.717) is 0 Å². The van der Waals surface area contributed by atoms with Crippen LogP contribution in [0.3, 0.4) is 0 Å². The molecular formula is C5H10F2N2O. The summed E-state index contributed by atoms with van der Waals surface area (Å²) in [5.41, 5.74) is 0. The highest BCUT2D eigenvalue weighted by Crippen LogP contribution is 2.33. The Kier molecular flexibility index (Phi) is 1.47. The van der Waals surface area contributed by atoms with Crippen LogP contribution in [0.1, 0.15) is 0 Å². The molecule has 0 aliphatic carbocycles. The molecule has 3 nitrogen and oxygen atoms in total. The van der Waals surface area contributed by atoms with Crippen LogP contribution in [0.25, 0.3) is 0 Å². The summed E-state index contributed by atoms with van der Waals surface area (Å²) in [5.74, 6) is 0. The smallest absolute Gasteiger partial charge is 0.461 e. The summed E-state index contributed by atoms with van der Waals surface area (Å²) in [6, 6.07) is 0. The van der Waals surface area contributed by atoms with Gasteiger partial charge in [-0.15, -0.1) is 8.78 Å². The number of likely N-dealkylation sites (N-methyl/N-ethyl adjacent to an activating group) is 2. The fourth-order valence-corrected chi connectivity index (χ4v) is 0.971. The minimum atomic E-state index is -3.24. The summed E-state index contributed by atoms with van der Waals surface area (Å²) in [4.78, 5) is 0.778. The Morgan fingerprint density at radius 2 is 2.10 bits per heavy atom. The first-order valence-corrected chi connectivity index (χ1v) is 3.03. The van der Waals surface area contributed by atoms with Crippen molar-refractivity contribution in [2.45, 2.75) is 6.17 Å². The van der Waals surface area contributed by atoms with Crippen LogP contribution in [-0.2, 0) is 0 Å². The van der Waals surface area contributed by atoms with Crippen molar-refractivity contribution in [3.63, 3.8) is 0 Å². The van der Waals surface area contributed by atoms with Gasteiger partial charge in [-0.2, -0.15) is 4.90 Å². The minimum absolute atomic E-state index is 0.0382. The van der Waals surface area contributed by atoms with Gasteiger partial charge in [0.25, 0.3) is 0 Å². The quantitative estimate of drug-likeness (QED) is 0.286. The van der Waals surface area contributed by atoms with Crippen molar-refractivity contribution in [3.05, 3.63) is 5.21 Å². The van der Waals surface area contributed by atoms with Crippen LogP contribution in [0.4, 0.5) is 8.78 Å². The standard InChI is InChI=1S/C5H10F2N2O/c1-8-3-4-9(2,10)5(8,6)7/h3-4H2,1-2H3. The molecule has 60 valence electrons. The second-order valence-electron chi connectivity index (χ2n) is 2.76. The maximum atomic E-state index is 12.7. The van der Waals surface area contributed by atoms with Gasteiger partial charge in [-0.25, -0.2) is 0 Å². The van der Waals surface area contributed by atoms with Gasteiger partial charge in [-0.3, -0.25) is 4.65 Å². The van der Waals surface area contributed by atoms with Gasteiger partial charge in [0.2, 0.25) is 0 Å². The Labute approximate surface area is 58.0 Å². The maximum Gasteiger partial charge on any atom is 0.461 e. The van der Waals surface area contributed by atoms with Crippen LogP contribution < -0.4 is 0 Å². The van der Waals surface area contributed by atoms with E-state index in [4.69, 9.17) is 0 Å². The first kappa shape index (κ1) is 7.84. The van der Waals surface area contributed by atoms with E-state index in [1.807, 2.05) is 0 Å². The normalized spacial score (nSPS) is 40.5. The van der Waals surface area contributed by atoms with Crippen LogP contribution in [-0.4, -0.2) is 42.9 Å². The van der Waals surface area contributed by atoms with Crippen molar-refractivity contribution < 1.29 is 13.4 Å². The summed E-state index contributed by atoms with van der Waals surface area (Å²) in [7, 11) is 2.24. The lowest BCUT2D eigenvalue weighted by Crippen LogP contribution is -2.52. The van der Waals surface area contributed by atoms with Gasteiger partial charge in [0.15, 0.2) is 0 Å². The SMILES string of the molecule is CN1CC[N+](C)([O-])C1(F)F. The lowest BCUT2D eigenvalue weighted by Gasteiger charge is -2.38. The van der Waals surface area contributed by atoms with Gasteiger partial charge >= 0.3 is 6.17 Å². The number of alkyl halides is 2. The van der Waals surface area contributed by atoms with Crippen molar-refractivity contribution >= 4 is 0 Å². The van der Waals surface area contributed by atoms with E-state index in [9.17, 15) is 14.0 Å². The van der Waals surface area contributed by atoms with Crippen LogP contribution in [0.15, 0.2) is 0 Å². The number of hydroxylamine groups is 3. The molecule has 1 atom stereocenters. The topological polar surface area (TPSA) is 26.3 Å². The van der Waals surface area contributed by atoms with Crippen molar-refractivity contribution in [2.75, 3.05) is 27.2 Å². The van der Waals surface area contributed by atoms with Crippen molar-refractivity contribution in [1.82, 2.24) is 4.90 Å². The highest BCUT2D eigenvalue weighted by molar-refractivity contribution is 4.65. The maximum absolute atomic E-state index is 12.7. The molecule has 1 rings (SSSR count). The highest BCUT2D eigenvalue weighted by Gasteiger charge is 2.54. The molecule has 1 unspecified atom stereocenters. The average Bonchev–Trinajstić information content (AvgIpc) is 1.94. The largest absolute Gasteiger partial charge is 0.627 e. The number of hydrogen-bond acceptors (Lipinski definition) is 2. The third-order valence-corrected chi connectivity index (χ3v) is 1.89. The molecule has 1 saturated heterocycles. The second-order valence-corrected chi connectivity index (χ2v) is 2.76. The van der Waals surface area contributed by atoms with E-state index in [1.54, 1.807) is 0 Å². The molecule has 1 aliphatic rings. The first-order valence-electron chi connectivity index (χ1n) is 3.03. The lowest BCUT2D eigenvalue weighted by atomic mass is 10.6. The zero-order valence-corrected chi connectivity index (χ0v) is 5.97. The summed E-state index contributed by atoms with van der Waals surface area (Å²) < 4.78 is 23.9. The molecule has 0 aromatic heterocycles. The molecule has 1 aliphatic heterocycles. The third kappa shape index (κ3) is 0.817. The van der Waals surface area contributed by atoms with E-state index in [-0.39, 0.29) is 13.1 Å². The first-order chi connectivity index (χ1) is 4.38. The zero-order chi connectivity index (χ0) is 7.99. The van der Waals surface area contributed by atoms with Crippen LogP contribution in [0, 0.1) is 5.21 Å². The lowest BCUT2D eigenvalue weighted by molar-refractivity contribution is -0.947. The van der Waals surface area contributed by atoms with Gasteiger partial charge in [0, 0.05) is 0 Å². The molecule has 0 saturated carbocycles. The van der Waals surface area contributed by atoms with Crippen LogP contribution in [0.2, 0.25) is 0 Å². The number of halogens is 2. The number of quaternary nitrogens is 1. The van der Waals surface area contributed by atoms with Gasteiger partial charge in [-0.05, 0) is 7.05 Å². The number of hydrogen-bond donors (Lipinski definition) is 0. The molecule has 0 bridgehead atoms. The van der Waals surface area contributed by atoms with Crippen molar-refractivity contribution in [2.24, 2.45) is 0 Å². The van der Waals surface area contributed by atoms with Crippen LogP contribution in [0.5, 0.6) is 0 Å². The Morgan fingerprint density at radius 1 is 1.60 bits per heavy atom. The molecule has 1 heterocycles. The number of rotatable bonds is 0. The van der Waals surface area contributed by atoms with Crippen molar-refractivity contribution in [1.29, 1.82) is 0 Å². The predicted octanol–water partition coefficient (Wildman–Crippen LogP) is 0.426. The van der Waals surface area contributed by atoms with Crippen LogP contribution >= 0.6 is 0 Å². The molecular weight excluding hydrogens is 142 g/mol. The van der Waals surface area contributed by atoms with E-state index < -0.39 is 10.8 Å². The Bertz CT molecular complexity index is 149. The van der Waals surface area contributed by atoms with Crippen molar-refractivity contribution in [3.8, 4) is 0 Å². The Hall–Kier alpha value is -0.260. The fourth-order valence-electron chi connectivity index (χ4n) is 0.971. The third-order valence-electron chi connectivity index (χ3n) is 1.89. The summed E-state index contributed by atoms with van der Waals surface area (Å²) in [6.07, 6.45) is -3.24. The zero-order valence-electron chi connectivity index (χ0n) is 5.97. The van der Waals surface area contributed by atoms with E-state index >= 15 is 0 Å². The molecule has 0 spiro atoms. The molecule has 0 N–H and O–H groups in total. The van der Waals surface area contributed by atoms with E-state index in [0.717, 1.165) is 11.9 Å². The van der Waals surface area contributed by atoms with Gasteiger partial charge < -0.3 is 5.21 Å².